The zero-order valence-electron chi connectivity index (χ0n) is 7.21. The summed E-state index contributed by atoms with van der Waals surface area (Å²) in [5.41, 5.74) is 0. The molecule has 0 aromatic rings. The van der Waals surface area contributed by atoms with Crippen LogP contribution in [0.15, 0.2) is 0 Å². The summed E-state index contributed by atoms with van der Waals surface area (Å²) in [5, 5.41) is 14.8. The van der Waals surface area contributed by atoms with E-state index < -0.39 is 11.9 Å². The molecular formula is C4H18O9. The lowest BCUT2D eigenvalue weighted by molar-refractivity contribution is -0.135. The van der Waals surface area contributed by atoms with Crippen molar-refractivity contribution in [2.45, 2.75) is 13.8 Å². The van der Waals surface area contributed by atoms with E-state index in [0.29, 0.717) is 0 Å². The Kier molecular flexibility index (Phi) is 210. The molecule has 9 nitrogen and oxygen atoms in total. The number of hydrogen-bond donors (Lipinski definition) is 2. The average molecular weight is 210 g/mol. The van der Waals surface area contributed by atoms with E-state index in [0.717, 1.165) is 13.8 Å². The van der Waals surface area contributed by atoms with Crippen LogP contribution in [0.3, 0.4) is 0 Å². The van der Waals surface area contributed by atoms with Crippen molar-refractivity contribution in [1.82, 2.24) is 0 Å². The summed E-state index contributed by atoms with van der Waals surface area (Å²) in [4.78, 5) is 18.0. The number of rotatable bonds is 0. The van der Waals surface area contributed by atoms with Gasteiger partial charge in [-0.1, -0.05) is 0 Å². The zero-order chi connectivity index (χ0) is 7.15. The fourth-order valence-electron chi connectivity index (χ4n) is 0. The second kappa shape index (κ2) is 45.3. The van der Waals surface area contributed by atoms with Crippen LogP contribution in [0.1, 0.15) is 13.8 Å². The van der Waals surface area contributed by atoms with Crippen LogP contribution in [-0.2, 0) is 9.59 Å². The van der Waals surface area contributed by atoms with Crippen LogP contribution in [0.25, 0.3) is 0 Å². The van der Waals surface area contributed by atoms with Crippen molar-refractivity contribution in [2.75, 3.05) is 0 Å². The largest absolute Gasteiger partial charge is 0.481 e. The highest BCUT2D eigenvalue weighted by atomic mass is 16.4. The molecule has 0 aromatic heterocycles. The van der Waals surface area contributed by atoms with Crippen LogP contribution >= 0.6 is 0 Å². The number of carboxylic acid groups (broad SMARTS) is 2. The van der Waals surface area contributed by atoms with E-state index in [4.69, 9.17) is 19.8 Å². The molecule has 0 spiro atoms. The molecule has 9 heteroatoms. The van der Waals surface area contributed by atoms with Crippen LogP contribution in [-0.4, -0.2) is 49.5 Å². The zero-order valence-corrected chi connectivity index (χ0v) is 7.21. The third-order valence-electron chi connectivity index (χ3n) is 0. The topological polar surface area (TPSA) is 232 Å². The van der Waals surface area contributed by atoms with E-state index in [-0.39, 0.29) is 27.4 Å². The van der Waals surface area contributed by atoms with Gasteiger partial charge in [-0.25, -0.2) is 0 Å². The van der Waals surface area contributed by atoms with Gasteiger partial charge in [-0.2, -0.15) is 0 Å². The minimum Gasteiger partial charge on any atom is -0.481 e. The highest BCUT2D eigenvalue weighted by molar-refractivity contribution is 5.63. The van der Waals surface area contributed by atoms with Gasteiger partial charge < -0.3 is 37.6 Å². The molecule has 0 fully saturated rings. The Bertz CT molecular complexity index is 69.6. The molecule has 0 radical (unpaired) electrons. The minimum absolute atomic E-state index is 0. The molecule has 13 heavy (non-hydrogen) atoms. The lowest BCUT2D eigenvalue weighted by atomic mass is 10.9. The van der Waals surface area contributed by atoms with E-state index in [1.54, 1.807) is 0 Å². The van der Waals surface area contributed by atoms with Crippen LogP contribution in [0, 0.1) is 0 Å². The molecule has 88 valence electrons. The summed E-state index contributed by atoms with van der Waals surface area (Å²) >= 11 is 0. The van der Waals surface area contributed by atoms with Gasteiger partial charge in [0.2, 0.25) is 0 Å². The summed E-state index contributed by atoms with van der Waals surface area (Å²) in [6.07, 6.45) is 0. The van der Waals surface area contributed by atoms with Crippen LogP contribution < -0.4 is 0 Å². The van der Waals surface area contributed by atoms with Crippen molar-refractivity contribution >= 4 is 11.9 Å². The smallest absolute Gasteiger partial charge is 0.300 e. The summed E-state index contributed by atoms with van der Waals surface area (Å²) in [5.74, 6) is -1.67. The monoisotopic (exact) mass is 210 g/mol. The SMILES string of the molecule is CC(=O)O.CC(=O)O.O.O.O.O.O. The molecule has 0 amide bonds. The Labute approximate surface area is 74.2 Å². The Hall–Kier alpha value is -1.26. The molecule has 0 aromatic carbocycles. The van der Waals surface area contributed by atoms with Gasteiger partial charge in [0, 0.05) is 13.8 Å². The minimum atomic E-state index is -0.833. The first-order chi connectivity index (χ1) is 3.46. The Morgan fingerprint density at radius 3 is 0.692 bits per heavy atom. The molecular weight excluding hydrogens is 192 g/mol. The Morgan fingerprint density at radius 1 is 0.692 bits per heavy atom. The number of hydrogen-bond acceptors (Lipinski definition) is 2. The maximum atomic E-state index is 9.00. The molecule has 0 aliphatic carbocycles. The highest BCUT2D eigenvalue weighted by Gasteiger charge is 1.65. The molecule has 0 saturated heterocycles. The van der Waals surface area contributed by atoms with E-state index >= 15 is 0 Å². The normalized spacial score (nSPS) is 3.85. The lowest BCUT2D eigenvalue weighted by Crippen LogP contribution is -1.78. The summed E-state index contributed by atoms with van der Waals surface area (Å²) in [6.45, 7) is 2.17. The third kappa shape index (κ3) is 517. The maximum Gasteiger partial charge on any atom is 0.300 e. The standard InChI is InChI=1S/2C2H4O2.5H2O/c2*1-2(3)4;;;;;/h2*1H3,(H,3,4);5*1H2. The predicted octanol–water partition coefficient (Wildman–Crippen LogP) is -3.94. The first-order valence-corrected chi connectivity index (χ1v) is 1.86. The molecule has 0 saturated carbocycles. The second-order valence-corrected chi connectivity index (χ2v) is 1.04. The Morgan fingerprint density at radius 2 is 0.692 bits per heavy atom. The molecule has 0 unspecified atom stereocenters. The van der Waals surface area contributed by atoms with Gasteiger partial charge in [0.25, 0.3) is 11.9 Å². The van der Waals surface area contributed by atoms with Crippen molar-refractivity contribution in [1.29, 1.82) is 0 Å². The van der Waals surface area contributed by atoms with Gasteiger partial charge in [0.1, 0.15) is 0 Å². The van der Waals surface area contributed by atoms with Crippen molar-refractivity contribution in [2.24, 2.45) is 0 Å². The van der Waals surface area contributed by atoms with Crippen molar-refractivity contribution in [3.8, 4) is 0 Å². The molecule has 12 N–H and O–H groups in total. The number of carbonyl (C=O) groups is 2. The lowest BCUT2D eigenvalue weighted by Gasteiger charge is -1.59. The molecule has 0 bridgehead atoms. The average Bonchev–Trinajstić information content (AvgIpc) is 1.25. The fraction of sp³-hybridized carbons (Fsp3) is 0.500. The highest BCUT2D eigenvalue weighted by Crippen LogP contribution is 1.42. The van der Waals surface area contributed by atoms with Crippen LogP contribution in [0.4, 0.5) is 0 Å². The number of carboxylic acids is 2. The van der Waals surface area contributed by atoms with E-state index in [2.05, 4.69) is 0 Å². The second-order valence-electron chi connectivity index (χ2n) is 1.04. The summed E-state index contributed by atoms with van der Waals surface area (Å²) in [7, 11) is 0. The van der Waals surface area contributed by atoms with Gasteiger partial charge in [0.05, 0.1) is 0 Å². The van der Waals surface area contributed by atoms with E-state index in [1.807, 2.05) is 0 Å². The molecule has 0 atom stereocenters. The van der Waals surface area contributed by atoms with E-state index in [9.17, 15) is 0 Å². The summed E-state index contributed by atoms with van der Waals surface area (Å²) in [6, 6.07) is 0. The van der Waals surface area contributed by atoms with Crippen LogP contribution in [0.5, 0.6) is 0 Å². The van der Waals surface area contributed by atoms with Gasteiger partial charge in [-0.15, -0.1) is 0 Å². The Balaban J connectivity index is -0.00000000800. The molecule has 0 aliphatic heterocycles. The molecule has 0 aliphatic rings. The first kappa shape index (κ1) is 60.3. The molecule has 0 rings (SSSR count). The third-order valence-corrected chi connectivity index (χ3v) is 0. The quantitative estimate of drug-likeness (QED) is 0.407. The van der Waals surface area contributed by atoms with Crippen molar-refractivity contribution in [3.63, 3.8) is 0 Å². The first-order valence-electron chi connectivity index (χ1n) is 1.86. The fourth-order valence-corrected chi connectivity index (χ4v) is 0. The van der Waals surface area contributed by atoms with Gasteiger partial charge in [-0.3, -0.25) is 9.59 Å². The van der Waals surface area contributed by atoms with Crippen molar-refractivity contribution < 1.29 is 47.2 Å². The molecule has 0 heterocycles. The maximum absolute atomic E-state index is 9.00. The van der Waals surface area contributed by atoms with Gasteiger partial charge in [0.15, 0.2) is 0 Å². The predicted molar refractivity (Wildman–Crippen MR) is 44.7 cm³/mol. The van der Waals surface area contributed by atoms with Crippen LogP contribution in [0.2, 0.25) is 0 Å². The van der Waals surface area contributed by atoms with Gasteiger partial charge in [-0.05, 0) is 0 Å². The van der Waals surface area contributed by atoms with Crippen molar-refractivity contribution in [3.05, 3.63) is 0 Å². The van der Waals surface area contributed by atoms with E-state index in [1.165, 1.54) is 0 Å². The number of aliphatic carboxylic acids is 2. The summed E-state index contributed by atoms with van der Waals surface area (Å²) < 4.78 is 0. The van der Waals surface area contributed by atoms with Gasteiger partial charge >= 0.3 is 0 Å².